The number of nitrogens with one attached hydrogen (secondary N) is 1. The number of amides is 1. The third-order valence-electron chi connectivity index (χ3n) is 14.0. The fraction of sp³-hybridized carbons (Fsp3) is 0.906. The zero-order valence-corrected chi connectivity index (χ0v) is 43.4. The Kier molecular flexibility index (Phi) is 34.0. The van der Waals surface area contributed by atoms with Gasteiger partial charge in [0, 0.05) is 6.42 Å². The van der Waals surface area contributed by atoms with Gasteiger partial charge in [0.1, 0.15) is 73.2 Å². The Hall–Kier alpha value is -1.73. The summed E-state index contributed by atoms with van der Waals surface area (Å²) in [4.78, 5) is 13.2. The Balaban J connectivity index is 1.54. The number of hydrogen-bond acceptors (Lipinski definition) is 18. The number of carbonyl (C=O) groups excluding carboxylic acids is 1. The predicted molar refractivity (Wildman–Crippen MR) is 268 cm³/mol. The molecule has 0 aliphatic carbocycles. The second-order valence-electron chi connectivity index (χ2n) is 20.0. The summed E-state index contributed by atoms with van der Waals surface area (Å²) in [7, 11) is 0. The highest BCUT2D eigenvalue weighted by molar-refractivity contribution is 5.76. The average molecular weight is 1040 g/mol. The molecule has 0 aromatic heterocycles. The van der Waals surface area contributed by atoms with Crippen LogP contribution in [0.1, 0.15) is 174 Å². The first-order chi connectivity index (χ1) is 34.8. The maximum Gasteiger partial charge on any atom is 0.220 e. The molecule has 72 heavy (non-hydrogen) atoms. The molecule has 3 aliphatic rings. The number of carbonyl (C=O) groups is 1. The summed E-state index contributed by atoms with van der Waals surface area (Å²) >= 11 is 0. The summed E-state index contributed by atoms with van der Waals surface area (Å²) in [6.45, 7) is 1.65. The molecule has 17 atom stereocenters. The van der Waals surface area contributed by atoms with E-state index in [0.717, 1.165) is 64.2 Å². The van der Waals surface area contributed by atoms with E-state index in [2.05, 4.69) is 31.3 Å². The molecule has 3 rings (SSSR count). The molecule has 12 N–H and O–H groups in total. The first-order valence-corrected chi connectivity index (χ1v) is 27.6. The number of aliphatic hydroxyl groups is 11. The Labute approximate surface area is 428 Å². The minimum absolute atomic E-state index is 0.233. The second-order valence-corrected chi connectivity index (χ2v) is 20.0. The predicted octanol–water partition coefficient (Wildman–Crippen LogP) is 3.20. The lowest BCUT2D eigenvalue weighted by atomic mass is 9.96. The fourth-order valence-corrected chi connectivity index (χ4v) is 9.35. The van der Waals surface area contributed by atoms with Crippen LogP contribution >= 0.6 is 0 Å². The maximum atomic E-state index is 13.2. The van der Waals surface area contributed by atoms with Crippen molar-refractivity contribution in [3.05, 3.63) is 24.3 Å². The van der Waals surface area contributed by atoms with Gasteiger partial charge in [0.2, 0.25) is 5.91 Å². The lowest BCUT2D eigenvalue weighted by molar-refractivity contribution is -0.379. The van der Waals surface area contributed by atoms with Gasteiger partial charge >= 0.3 is 0 Å². The van der Waals surface area contributed by atoms with Gasteiger partial charge < -0.3 is 89.9 Å². The van der Waals surface area contributed by atoms with E-state index in [9.17, 15) is 61.0 Å². The lowest BCUT2D eigenvalue weighted by Gasteiger charge is -2.48. The molecule has 3 heterocycles. The highest BCUT2D eigenvalue weighted by Crippen LogP contribution is 2.33. The van der Waals surface area contributed by atoms with Gasteiger partial charge in [0.15, 0.2) is 18.9 Å². The van der Waals surface area contributed by atoms with Gasteiger partial charge in [-0.25, -0.2) is 0 Å². The number of aliphatic hydroxyl groups excluding tert-OH is 11. The van der Waals surface area contributed by atoms with E-state index in [1.54, 1.807) is 6.08 Å². The molecule has 3 aliphatic heterocycles. The number of allylic oxidation sites excluding steroid dienone is 3. The standard InChI is InChI=1S/C53H97NO18/c1-3-5-7-9-11-13-15-16-17-18-19-21-22-24-26-28-30-37(58)36(54-41(59)31-29-27-25-23-20-14-12-10-8-6-4-2)35-67-51-47(65)44(62)49(39(33-56)69-51)72-53-48(66)45(63)50(40(34-57)70-53)71-52-46(64)43(61)42(60)38(32-55)68-52/h10,12,28,30,36-40,42-53,55-58,60-66H,3-9,11,13-27,29,31-35H2,1-2H3,(H,54,59)/b12-10-,30-28+. The average Bonchev–Trinajstić information content (AvgIpc) is 3.37. The summed E-state index contributed by atoms with van der Waals surface area (Å²) < 4.78 is 34.1. The molecule has 0 spiro atoms. The van der Waals surface area contributed by atoms with Crippen molar-refractivity contribution in [2.75, 3.05) is 26.4 Å². The maximum absolute atomic E-state index is 13.2. The summed E-state index contributed by atoms with van der Waals surface area (Å²) in [5.74, 6) is -0.288. The van der Waals surface area contributed by atoms with E-state index >= 15 is 0 Å². The van der Waals surface area contributed by atoms with Crippen LogP contribution in [0.4, 0.5) is 0 Å². The fourth-order valence-electron chi connectivity index (χ4n) is 9.35. The first kappa shape index (κ1) is 64.6. The Morgan fingerprint density at radius 2 is 0.889 bits per heavy atom. The van der Waals surface area contributed by atoms with Crippen molar-refractivity contribution in [1.82, 2.24) is 5.32 Å². The molecule has 19 nitrogen and oxygen atoms in total. The molecule has 0 aromatic rings. The molecule has 0 bridgehead atoms. The smallest absolute Gasteiger partial charge is 0.220 e. The van der Waals surface area contributed by atoms with E-state index in [4.69, 9.17) is 28.4 Å². The first-order valence-electron chi connectivity index (χ1n) is 27.6. The van der Waals surface area contributed by atoms with Crippen LogP contribution in [0.15, 0.2) is 24.3 Å². The van der Waals surface area contributed by atoms with E-state index in [-0.39, 0.29) is 18.9 Å². The van der Waals surface area contributed by atoms with E-state index in [1.807, 2.05) is 6.08 Å². The summed E-state index contributed by atoms with van der Waals surface area (Å²) in [5, 5.41) is 120. The Bertz CT molecular complexity index is 1430. The normalized spacial score (nSPS) is 32.2. The van der Waals surface area contributed by atoms with Crippen molar-refractivity contribution in [2.45, 2.75) is 279 Å². The molecule has 1 amide bonds. The molecule has 0 aromatic carbocycles. The van der Waals surface area contributed by atoms with Crippen molar-refractivity contribution in [3.63, 3.8) is 0 Å². The molecule has 17 unspecified atom stereocenters. The highest BCUT2D eigenvalue weighted by atomic mass is 16.8. The molecule has 422 valence electrons. The third kappa shape index (κ3) is 22.9. The molecule has 0 radical (unpaired) electrons. The molecule has 19 heteroatoms. The summed E-state index contributed by atoms with van der Waals surface area (Å²) in [6.07, 6.45) is 8.89. The molecule has 3 saturated heterocycles. The second kappa shape index (κ2) is 37.9. The molecule has 0 saturated carbocycles. The summed E-state index contributed by atoms with van der Waals surface area (Å²) in [6, 6.07) is -0.972. The van der Waals surface area contributed by atoms with Gasteiger partial charge in [-0.1, -0.05) is 154 Å². The third-order valence-corrected chi connectivity index (χ3v) is 14.0. The van der Waals surface area contributed by atoms with Gasteiger partial charge in [-0.2, -0.15) is 0 Å². The largest absolute Gasteiger partial charge is 0.394 e. The number of ether oxygens (including phenoxy) is 6. The van der Waals surface area contributed by atoms with Crippen molar-refractivity contribution in [3.8, 4) is 0 Å². The SMILES string of the molecule is CCCC/C=C\CCCCCCCC(=O)NC(COC1OC(CO)C(OC2OC(CO)C(OC3OC(CO)C(O)C(O)C3O)C(O)C2O)C(O)C1O)C(O)/C=C/CCCCCCCCCCCCCCCC. The molecular formula is C53H97NO18. The number of rotatable bonds is 39. The Morgan fingerprint density at radius 1 is 0.486 bits per heavy atom. The highest BCUT2D eigenvalue weighted by Gasteiger charge is 2.53. The van der Waals surface area contributed by atoms with Crippen LogP contribution in [-0.4, -0.2) is 193 Å². The van der Waals surface area contributed by atoms with Crippen LogP contribution in [0.2, 0.25) is 0 Å². The van der Waals surface area contributed by atoms with Gasteiger partial charge in [0.05, 0.1) is 38.6 Å². The minimum atomic E-state index is -1.98. The van der Waals surface area contributed by atoms with Crippen LogP contribution in [0.25, 0.3) is 0 Å². The van der Waals surface area contributed by atoms with Crippen molar-refractivity contribution >= 4 is 5.91 Å². The van der Waals surface area contributed by atoms with Gasteiger partial charge in [-0.05, 0) is 38.5 Å². The molecule has 3 fully saturated rings. The summed E-state index contributed by atoms with van der Waals surface area (Å²) in [5.41, 5.74) is 0. The van der Waals surface area contributed by atoms with Crippen molar-refractivity contribution < 1.29 is 89.4 Å². The van der Waals surface area contributed by atoms with Crippen LogP contribution < -0.4 is 5.32 Å². The van der Waals surface area contributed by atoms with Crippen molar-refractivity contribution in [1.29, 1.82) is 0 Å². The van der Waals surface area contributed by atoms with Gasteiger partial charge in [-0.3, -0.25) is 4.79 Å². The number of hydrogen-bond donors (Lipinski definition) is 12. The van der Waals surface area contributed by atoms with Crippen LogP contribution in [0.3, 0.4) is 0 Å². The minimum Gasteiger partial charge on any atom is -0.394 e. The lowest BCUT2D eigenvalue weighted by Crippen LogP contribution is -2.66. The van der Waals surface area contributed by atoms with Gasteiger partial charge in [0.25, 0.3) is 0 Å². The van der Waals surface area contributed by atoms with Crippen LogP contribution in [0, 0.1) is 0 Å². The van der Waals surface area contributed by atoms with Crippen LogP contribution in [0.5, 0.6) is 0 Å². The van der Waals surface area contributed by atoms with Crippen molar-refractivity contribution in [2.24, 2.45) is 0 Å². The van der Waals surface area contributed by atoms with Crippen LogP contribution in [-0.2, 0) is 33.2 Å². The zero-order valence-electron chi connectivity index (χ0n) is 43.4. The topological polar surface area (TPSA) is 307 Å². The quantitative estimate of drug-likeness (QED) is 0.0311. The molecular weight excluding hydrogens is 939 g/mol. The van der Waals surface area contributed by atoms with E-state index < -0.39 is 124 Å². The van der Waals surface area contributed by atoms with Gasteiger partial charge in [-0.15, -0.1) is 0 Å². The van der Waals surface area contributed by atoms with E-state index in [1.165, 1.54) is 83.5 Å². The van der Waals surface area contributed by atoms with E-state index in [0.29, 0.717) is 6.42 Å². The Morgan fingerprint density at radius 3 is 1.39 bits per heavy atom. The zero-order chi connectivity index (χ0) is 52.7. The monoisotopic (exact) mass is 1040 g/mol. The number of unbranched alkanes of at least 4 members (excludes halogenated alkanes) is 21.